The van der Waals surface area contributed by atoms with Crippen molar-refractivity contribution in [2.45, 2.75) is 25.1 Å². The second-order valence-electron chi connectivity index (χ2n) is 7.72. The molecular formula is C23H26F3N3O4S. The average molecular weight is 498 g/mol. The zero-order chi connectivity index (χ0) is 24.8. The monoisotopic (exact) mass is 497 g/mol. The van der Waals surface area contributed by atoms with Crippen LogP contribution in [0.1, 0.15) is 23.1 Å². The smallest absolute Gasteiger partial charge is 0.419 e. The summed E-state index contributed by atoms with van der Waals surface area (Å²) in [5.74, 6) is 0.459. The minimum atomic E-state index is -4.63. The van der Waals surface area contributed by atoms with Crippen LogP contribution in [0.25, 0.3) is 10.6 Å². The number of halogens is 3. The number of benzene rings is 2. The molecule has 1 atom stereocenters. The molecule has 7 nitrogen and oxygen atoms in total. The Kier molecular flexibility index (Phi) is 8.47. The first-order valence-electron chi connectivity index (χ1n) is 10.4. The van der Waals surface area contributed by atoms with Gasteiger partial charge in [-0.2, -0.15) is 13.2 Å². The number of ether oxygens (including phenoxy) is 3. The fourth-order valence-corrected chi connectivity index (χ4v) is 3.94. The number of methoxy groups -OCH3 is 1. The fourth-order valence-electron chi connectivity index (χ4n) is 3.05. The lowest BCUT2D eigenvalue weighted by molar-refractivity contribution is -0.139. The van der Waals surface area contributed by atoms with E-state index in [2.05, 4.69) is 10.2 Å². The maximum absolute atomic E-state index is 13.7. The third kappa shape index (κ3) is 6.44. The van der Waals surface area contributed by atoms with Gasteiger partial charge >= 0.3 is 6.18 Å². The Bertz CT molecular complexity index is 1090. The number of aliphatic hydroxyl groups excluding tert-OH is 1. The van der Waals surface area contributed by atoms with Gasteiger partial charge in [0.2, 0.25) is 0 Å². The lowest BCUT2D eigenvalue weighted by Gasteiger charge is -2.17. The molecule has 2 aromatic carbocycles. The molecule has 0 aliphatic carbocycles. The summed E-state index contributed by atoms with van der Waals surface area (Å²) in [4.78, 5) is 0. The van der Waals surface area contributed by atoms with Crippen LogP contribution >= 0.6 is 11.3 Å². The van der Waals surface area contributed by atoms with Crippen LogP contribution < -0.4 is 15.2 Å². The first kappa shape index (κ1) is 25.9. The zero-order valence-electron chi connectivity index (χ0n) is 18.8. The van der Waals surface area contributed by atoms with E-state index >= 15 is 0 Å². The molecule has 3 N–H and O–H groups in total. The molecule has 34 heavy (non-hydrogen) atoms. The summed E-state index contributed by atoms with van der Waals surface area (Å²) in [6, 6.07) is 11.2. The minimum Gasteiger partial charge on any atom is -0.496 e. The fraction of sp³-hybridized carbons (Fsp3) is 0.391. The van der Waals surface area contributed by atoms with Gasteiger partial charge in [-0.3, -0.25) is 0 Å². The highest BCUT2D eigenvalue weighted by atomic mass is 32.1. The van der Waals surface area contributed by atoms with E-state index in [1.54, 1.807) is 14.0 Å². The van der Waals surface area contributed by atoms with E-state index < -0.39 is 17.3 Å². The molecule has 0 saturated carbocycles. The van der Waals surface area contributed by atoms with Crippen molar-refractivity contribution in [3.8, 4) is 22.1 Å². The third-order valence-electron chi connectivity index (χ3n) is 4.97. The summed E-state index contributed by atoms with van der Waals surface area (Å²) < 4.78 is 57.2. The third-order valence-corrected chi connectivity index (χ3v) is 6.22. The van der Waals surface area contributed by atoms with Gasteiger partial charge in [-0.05, 0) is 43.2 Å². The molecule has 3 rings (SSSR count). The summed E-state index contributed by atoms with van der Waals surface area (Å²) in [5.41, 5.74) is 5.09. The first-order chi connectivity index (χ1) is 16.2. The molecule has 1 aromatic heterocycles. The Balaban J connectivity index is 1.61. The number of para-hydroxylation sites is 1. The molecule has 0 radical (unpaired) electrons. The Labute approximate surface area is 199 Å². The predicted octanol–water partition coefficient (Wildman–Crippen LogP) is 4.04. The number of hydrogen-bond donors (Lipinski definition) is 2. The molecule has 0 amide bonds. The largest absolute Gasteiger partial charge is 0.496 e. The molecule has 1 heterocycles. The number of nitrogens with two attached hydrogens (primary N) is 1. The van der Waals surface area contributed by atoms with Crippen molar-refractivity contribution < 1.29 is 32.5 Å². The molecule has 11 heteroatoms. The van der Waals surface area contributed by atoms with Gasteiger partial charge in [0.1, 0.15) is 28.1 Å². The van der Waals surface area contributed by atoms with Gasteiger partial charge < -0.3 is 25.1 Å². The highest BCUT2D eigenvalue weighted by molar-refractivity contribution is 7.14. The van der Waals surface area contributed by atoms with Crippen LogP contribution in [-0.4, -0.2) is 48.8 Å². The van der Waals surface area contributed by atoms with Crippen LogP contribution in [0.3, 0.4) is 0 Å². The Morgan fingerprint density at radius 3 is 2.50 bits per heavy atom. The standard InChI is InChI=1S/C23H26F3N3O4S/c1-22(27,14-30)21-29-28-20(34-21)16-7-8-19(17(13-16)23(24,25)26)33-12-11-32-10-9-15-5-3-4-6-18(15)31-2/h3-8,13,30H,9-12,14,27H2,1-2H3/t22-/m0/s1. The molecule has 0 aliphatic heterocycles. The lowest BCUT2D eigenvalue weighted by atomic mass is 10.1. The second-order valence-corrected chi connectivity index (χ2v) is 8.70. The molecule has 0 unspecified atom stereocenters. The van der Waals surface area contributed by atoms with Crippen molar-refractivity contribution >= 4 is 11.3 Å². The molecule has 0 fully saturated rings. The lowest BCUT2D eigenvalue weighted by Crippen LogP contribution is -2.36. The van der Waals surface area contributed by atoms with Crippen LogP contribution in [0.4, 0.5) is 13.2 Å². The predicted molar refractivity (Wildman–Crippen MR) is 122 cm³/mol. The van der Waals surface area contributed by atoms with E-state index in [-0.39, 0.29) is 36.1 Å². The van der Waals surface area contributed by atoms with Crippen molar-refractivity contribution in [3.05, 3.63) is 58.6 Å². The van der Waals surface area contributed by atoms with Crippen molar-refractivity contribution in [1.82, 2.24) is 10.2 Å². The van der Waals surface area contributed by atoms with E-state index in [1.165, 1.54) is 12.1 Å². The van der Waals surface area contributed by atoms with Crippen LogP contribution in [0.15, 0.2) is 42.5 Å². The topological polar surface area (TPSA) is 99.7 Å². The normalized spacial score (nSPS) is 13.5. The van der Waals surface area contributed by atoms with Gasteiger partial charge in [-0.1, -0.05) is 29.5 Å². The van der Waals surface area contributed by atoms with Crippen LogP contribution in [0.2, 0.25) is 0 Å². The van der Waals surface area contributed by atoms with Crippen molar-refractivity contribution in [1.29, 1.82) is 0 Å². The van der Waals surface area contributed by atoms with Crippen molar-refractivity contribution in [2.24, 2.45) is 5.73 Å². The highest BCUT2D eigenvalue weighted by Crippen LogP contribution is 2.39. The van der Waals surface area contributed by atoms with Gasteiger partial charge in [-0.25, -0.2) is 0 Å². The van der Waals surface area contributed by atoms with Gasteiger partial charge in [0.25, 0.3) is 0 Å². The van der Waals surface area contributed by atoms with E-state index in [0.717, 1.165) is 28.7 Å². The van der Waals surface area contributed by atoms with E-state index in [0.29, 0.717) is 18.0 Å². The molecule has 3 aromatic rings. The highest BCUT2D eigenvalue weighted by Gasteiger charge is 2.35. The molecule has 184 valence electrons. The van der Waals surface area contributed by atoms with Crippen molar-refractivity contribution in [3.63, 3.8) is 0 Å². The Morgan fingerprint density at radius 1 is 1.03 bits per heavy atom. The minimum absolute atomic E-state index is 0.0423. The summed E-state index contributed by atoms with van der Waals surface area (Å²) in [5, 5.41) is 17.8. The molecule has 0 saturated heterocycles. The molecule has 0 bridgehead atoms. The maximum Gasteiger partial charge on any atom is 0.419 e. The maximum atomic E-state index is 13.7. The van der Waals surface area contributed by atoms with Crippen LogP contribution in [0.5, 0.6) is 11.5 Å². The summed E-state index contributed by atoms with van der Waals surface area (Å²) >= 11 is 1.03. The van der Waals surface area contributed by atoms with Crippen LogP contribution in [0, 0.1) is 0 Å². The van der Waals surface area contributed by atoms with E-state index in [9.17, 15) is 18.3 Å². The SMILES string of the molecule is COc1ccccc1CCOCCOc1ccc(-c2nnc([C@@](C)(N)CO)s2)cc1C(F)(F)F. The number of nitrogens with zero attached hydrogens (tertiary/aromatic N) is 2. The summed E-state index contributed by atoms with van der Waals surface area (Å²) in [6.45, 7) is 1.66. The van der Waals surface area contributed by atoms with E-state index in [1.807, 2.05) is 24.3 Å². The van der Waals surface area contributed by atoms with Gasteiger partial charge in [0, 0.05) is 5.56 Å². The average Bonchev–Trinajstić information content (AvgIpc) is 3.32. The molecule has 0 aliphatic rings. The molecular weight excluding hydrogens is 471 g/mol. The number of rotatable bonds is 11. The van der Waals surface area contributed by atoms with Crippen LogP contribution in [-0.2, 0) is 22.9 Å². The van der Waals surface area contributed by atoms with E-state index in [4.69, 9.17) is 19.9 Å². The summed E-state index contributed by atoms with van der Waals surface area (Å²) in [7, 11) is 1.59. The second kappa shape index (κ2) is 11.1. The van der Waals surface area contributed by atoms with Crippen molar-refractivity contribution in [2.75, 3.05) is 33.5 Å². The number of aromatic nitrogens is 2. The Morgan fingerprint density at radius 2 is 1.79 bits per heavy atom. The van der Waals surface area contributed by atoms with Gasteiger partial charge in [0.15, 0.2) is 0 Å². The van der Waals surface area contributed by atoms with Gasteiger partial charge in [-0.15, -0.1) is 10.2 Å². The van der Waals surface area contributed by atoms with Gasteiger partial charge in [0.05, 0.1) is 38.0 Å². The summed E-state index contributed by atoms with van der Waals surface area (Å²) in [6.07, 6.45) is -4.02. The zero-order valence-corrected chi connectivity index (χ0v) is 19.6. The number of alkyl halides is 3. The number of hydrogen-bond acceptors (Lipinski definition) is 8. The first-order valence-corrected chi connectivity index (χ1v) is 11.2. The molecule has 0 spiro atoms. The Hall–Kier alpha value is -2.73. The number of aliphatic hydroxyl groups is 1. The quantitative estimate of drug-likeness (QED) is 0.386.